The number of amides is 1. The number of nitro groups is 1. The number of halogens is 1. The van der Waals surface area contributed by atoms with E-state index in [0.29, 0.717) is 5.69 Å². The Morgan fingerprint density at radius 2 is 2.11 bits per heavy atom. The molecule has 0 bridgehead atoms. The summed E-state index contributed by atoms with van der Waals surface area (Å²) >= 11 is 3.32. The Bertz CT molecular complexity index is 651. The average molecular weight is 325 g/mol. The molecule has 0 unspecified atom stereocenters. The molecule has 1 aromatic heterocycles. The molecule has 1 aromatic carbocycles. The van der Waals surface area contributed by atoms with Crippen molar-refractivity contribution in [2.24, 2.45) is 0 Å². The molecule has 0 spiro atoms. The highest BCUT2D eigenvalue weighted by atomic mass is 79.9. The molecule has 6 nitrogen and oxygen atoms in total. The SMILES string of the molecule is Cc1ccc(NC(=O)c2ccc([N+](=O)[O-])o2)c(Br)c1. The molecule has 0 saturated carbocycles. The lowest BCUT2D eigenvalue weighted by molar-refractivity contribution is -0.402. The van der Waals surface area contributed by atoms with Crippen molar-refractivity contribution in [2.75, 3.05) is 5.32 Å². The van der Waals surface area contributed by atoms with Crippen molar-refractivity contribution in [2.45, 2.75) is 6.92 Å². The van der Waals surface area contributed by atoms with Gasteiger partial charge in [0, 0.05) is 4.47 Å². The standard InChI is InChI=1S/C12H9BrN2O4/c1-7-2-3-9(8(13)6-7)14-12(16)10-4-5-11(19-10)15(17)18/h2-6H,1H3,(H,14,16). The van der Waals surface area contributed by atoms with Gasteiger partial charge in [-0.05, 0) is 46.6 Å². The molecule has 1 amide bonds. The minimum absolute atomic E-state index is 0.112. The van der Waals surface area contributed by atoms with Crippen LogP contribution in [0.25, 0.3) is 0 Å². The largest absolute Gasteiger partial charge is 0.433 e. The van der Waals surface area contributed by atoms with Crippen LogP contribution in [0, 0.1) is 17.0 Å². The van der Waals surface area contributed by atoms with Crippen molar-refractivity contribution in [1.29, 1.82) is 0 Å². The summed E-state index contributed by atoms with van der Waals surface area (Å²) < 4.78 is 5.54. The summed E-state index contributed by atoms with van der Waals surface area (Å²) in [6.07, 6.45) is 0. The van der Waals surface area contributed by atoms with Crippen LogP contribution in [0.15, 0.2) is 39.2 Å². The molecule has 0 fully saturated rings. The van der Waals surface area contributed by atoms with Crippen molar-refractivity contribution in [1.82, 2.24) is 0 Å². The number of carbonyl (C=O) groups excluding carboxylic acids is 1. The molecule has 0 radical (unpaired) electrons. The van der Waals surface area contributed by atoms with Gasteiger partial charge in [0.1, 0.15) is 4.92 Å². The van der Waals surface area contributed by atoms with Crippen LogP contribution < -0.4 is 5.32 Å². The molecular weight excluding hydrogens is 316 g/mol. The van der Waals surface area contributed by atoms with Crippen LogP contribution in [-0.2, 0) is 0 Å². The number of aryl methyl sites for hydroxylation is 1. The summed E-state index contributed by atoms with van der Waals surface area (Å²) in [5.74, 6) is -1.12. The van der Waals surface area contributed by atoms with E-state index >= 15 is 0 Å². The Morgan fingerprint density at radius 3 is 2.68 bits per heavy atom. The third kappa shape index (κ3) is 3.00. The lowest BCUT2D eigenvalue weighted by Crippen LogP contribution is -2.11. The van der Waals surface area contributed by atoms with E-state index in [9.17, 15) is 14.9 Å². The van der Waals surface area contributed by atoms with E-state index in [0.717, 1.165) is 16.1 Å². The maximum Gasteiger partial charge on any atom is 0.433 e. The summed E-state index contributed by atoms with van der Waals surface area (Å²) in [6, 6.07) is 7.81. The van der Waals surface area contributed by atoms with Crippen LogP contribution in [0.2, 0.25) is 0 Å². The van der Waals surface area contributed by atoms with E-state index in [4.69, 9.17) is 4.42 Å². The van der Waals surface area contributed by atoms with Crippen molar-refractivity contribution < 1.29 is 14.1 Å². The Morgan fingerprint density at radius 1 is 1.37 bits per heavy atom. The number of hydrogen-bond donors (Lipinski definition) is 1. The summed E-state index contributed by atoms with van der Waals surface area (Å²) in [6.45, 7) is 1.92. The molecule has 1 N–H and O–H groups in total. The highest BCUT2D eigenvalue weighted by molar-refractivity contribution is 9.10. The van der Waals surface area contributed by atoms with Gasteiger partial charge >= 0.3 is 5.88 Å². The number of benzene rings is 1. The fourth-order valence-corrected chi connectivity index (χ4v) is 2.05. The van der Waals surface area contributed by atoms with E-state index < -0.39 is 16.7 Å². The van der Waals surface area contributed by atoms with E-state index in [1.165, 1.54) is 6.07 Å². The summed E-state index contributed by atoms with van der Waals surface area (Å²) in [5.41, 5.74) is 1.60. The van der Waals surface area contributed by atoms with Crippen LogP contribution in [0.4, 0.5) is 11.6 Å². The van der Waals surface area contributed by atoms with Crippen molar-refractivity contribution in [3.8, 4) is 0 Å². The maximum atomic E-state index is 11.8. The lowest BCUT2D eigenvalue weighted by atomic mass is 10.2. The molecule has 1 heterocycles. The van der Waals surface area contributed by atoms with Gasteiger partial charge in [-0.1, -0.05) is 6.07 Å². The van der Waals surface area contributed by atoms with E-state index in [-0.39, 0.29) is 5.76 Å². The number of carbonyl (C=O) groups is 1. The molecule has 7 heteroatoms. The Hall–Kier alpha value is -2.15. The number of anilines is 1. The van der Waals surface area contributed by atoms with Gasteiger partial charge in [-0.2, -0.15) is 0 Å². The molecule has 2 aromatic rings. The van der Waals surface area contributed by atoms with Crippen LogP contribution in [0.1, 0.15) is 16.1 Å². The Labute approximate surface area is 116 Å². The normalized spacial score (nSPS) is 10.2. The van der Waals surface area contributed by atoms with Gasteiger partial charge in [0.25, 0.3) is 5.91 Å². The number of nitrogens with zero attached hydrogens (tertiary/aromatic N) is 1. The summed E-state index contributed by atoms with van der Waals surface area (Å²) in [5, 5.41) is 13.1. The second-order valence-electron chi connectivity index (χ2n) is 3.83. The maximum absolute atomic E-state index is 11.8. The first-order valence-corrected chi connectivity index (χ1v) is 6.08. The molecule has 0 saturated heterocycles. The second kappa shape index (κ2) is 5.23. The zero-order valence-electron chi connectivity index (χ0n) is 9.84. The van der Waals surface area contributed by atoms with Gasteiger partial charge < -0.3 is 9.73 Å². The van der Waals surface area contributed by atoms with Crippen LogP contribution in [-0.4, -0.2) is 10.8 Å². The minimum Gasteiger partial charge on any atom is -0.395 e. The number of nitrogens with one attached hydrogen (secondary N) is 1. The second-order valence-corrected chi connectivity index (χ2v) is 4.69. The van der Waals surface area contributed by atoms with Crippen molar-refractivity contribution in [3.63, 3.8) is 0 Å². The third-order valence-electron chi connectivity index (χ3n) is 2.37. The number of furan rings is 1. The van der Waals surface area contributed by atoms with Crippen molar-refractivity contribution >= 4 is 33.4 Å². The summed E-state index contributed by atoms with van der Waals surface area (Å²) in [4.78, 5) is 21.6. The van der Waals surface area contributed by atoms with E-state index in [1.807, 2.05) is 19.1 Å². The smallest absolute Gasteiger partial charge is 0.395 e. The van der Waals surface area contributed by atoms with Crippen LogP contribution in [0.5, 0.6) is 0 Å². The summed E-state index contributed by atoms with van der Waals surface area (Å²) in [7, 11) is 0. The highest BCUT2D eigenvalue weighted by Crippen LogP contribution is 2.24. The quantitative estimate of drug-likeness (QED) is 0.691. The van der Waals surface area contributed by atoms with Gasteiger partial charge in [-0.25, -0.2) is 0 Å². The zero-order chi connectivity index (χ0) is 14.0. The van der Waals surface area contributed by atoms with Crippen molar-refractivity contribution in [3.05, 3.63) is 56.2 Å². The first-order chi connectivity index (χ1) is 8.97. The molecule has 0 aliphatic carbocycles. The molecule has 19 heavy (non-hydrogen) atoms. The molecular formula is C12H9BrN2O4. The topological polar surface area (TPSA) is 85.4 Å². The highest BCUT2D eigenvalue weighted by Gasteiger charge is 2.17. The first kappa shape index (κ1) is 13.3. The van der Waals surface area contributed by atoms with Gasteiger partial charge in [-0.3, -0.25) is 14.9 Å². The average Bonchev–Trinajstić information content (AvgIpc) is 2.82. The van der Waals surface area contributed by atoms with E-state index in [1.54, 1.807) is 6.07 Å². The molecule has 0 aliphatic heterocycles. The molecule has 0 atom stereocenters. The zero-order valence-corrected chi connectivity index (χ0v) is 11.4. The third-order valence-corrected chi connectivity index (χ3v) is 3.02. The molecule has 2 rings (SSSR count). The monoisotopic (exact) mass is 324 g/mol. The first-order valence-electron chi connectivity index (χ1n) is 5.29. The van der Waals surface area contributed by atoms with Gasteiger partial charge in [0.05, 0.1) is 11.8 Å². The predicted molar refractivity (Wildman–Crippen MR) is 72.2 cm³/mol. The minimum atomic E-state index is -0.696. The van der Waals surface area contributed by atoms with E-state index in [2.05, 4.69) is 21.2 Å². The Balaban J connectivity index is 2.18. The molecule has 0 aliphatic rings. The van der Waals surface area contributed by atoms with Gasteiger partial charge in [0.15, 0.2) is 5.76 Å². The van der Waals surface area contributed by atoms with Gasteiger partial charge in [0.2, 0.25) is 0 Å². The van der Waals surface area contributed by atoms with Crippen LogP contribution >= 0.6 is 15.9 Å². The molecule has 98 valence electrons. The van der Waals surface area contributed by atoms with Crippen LogP contribution in [0.3, 0.4) is 0 Å². The lowest BCUT2D eigenvalue weighted by Gasteiger charge is -2.06. The fraction of sp³-hybridized carbons (Fsp3) is 0.0833. The fourth-order valence-electron chi connectivity index (χ4n) is 1.45. The number of hydrogen-bond acceptors (Lipinski definition) is 4. The Kier molecular flexibility index (Phi) is 3.66. The van der Waals surface area contributed by atoms with Gasteiger partial charge in [-0.15, -0.1) is 0 Å². The number of rotatable bonds is 3. The predicted octanol–water partition coefficient (Wildman–Crippen LogP) is 3.51.